The molecule has 0 aliphatic rings. The Balaban J connectivity index is 2.32. The maximum absolute atomic E-state index is 12.0. The Morgan fingerprint density at radius 2 is 2.18 bits per heavy atom. The van der Waals surface area contributed by atoms with Crippen LogP contribution in [0.5, 0.6) is 0 Å². The van der Waals surface area contributed by atoms with Gasteiger partial charge in [-0.1, -0.05) is 0 Å². The minimum atomic E-state index is -3.57. The maximum atomic E-state index is 12.0. The van der Waals surface area contributed by atoms with Crippen molar-refractivity contribution in [3.05, 3.63) is 23.2 Å². The van der Waals surface area contributed by atoms with E-state index in [0.29, 0.717) is 11.5 Å². The van der Waals surface area contributed by atoms with Gasteiger partial charge in [0.1, 0.15) is 10.0 Å². The lowest BCUT2D eigenvalue weighted by Crippen LogP contribution is -2.14. The number of nitrogens with two attached hydrogens (primary N) is 1. The normalized spacial score (nSPS) is 11.6. The smallest absolute Gasteiger partial charge is 0.272 e. The van der Waals surface area contributed by atoms with Gasteiger partial charge in [-0.15, -0.1) is 11.3 Å². The molecule has 17 heavy (non-hydrogen) atoms. The summed E-state index contributed by atoms with van der Waals surface area (Å²) in [6, 6.07) is 3.09. The fourth-order valence-electron chi connectivity index (χ4n) is 1.37. The van der Waals surface area contributed by atoms with Crippen LogP contribution >= 0.6 is 11.3 Å². The third-order valence-electron chi connectivity index (χ3n) is 2.10. The van der Waals surface area contributed by atoms with Crippen molar-refractivity contribution in [2.24, 2.45) is 7.05 Å². The summed E-state index contributed by atoms with van der Waals surface area (Å²) in [7, 11) is -1.90. The Bertz CT molecular complexity index is 642. The summed E-state index contributed by atoms with van der Waals surface area (Å²) in [6.07, 6.45) is 0. The second-order valence-electron chi connectivity index (χ2n) is 3.60. The highest BCUT2D eigenvalue weighted by molar-refractivity contribution is 7.94. The van der Waals surface area contributed by atoms with E-state index in [1.807, 2.05) is 0 Å². The van der Waals surface area contributed by atoms with Crippen LogP contribution < -0.4 is 10.5 Å². The quantitative estimate of drug-likeness (QED) is 0.877. The van der Waals surface area contributed by atoms with Crippen LogP contribution in [0.2, 0.25) is 0 Å². The average molecular weight is 272 g/mol. The molecule has 0 atom stereocenters. The Hall–Kier alpha value is -1.54. The van der Waals surface area contributed by atoms with Crippen molar-refractivity contribution in [2.45, 2.75) is 11.1 Å². The first kappa shape index (κ1) is 11.9. The van der Waals surface area contributed by atoms with Crippen molar-refractivity contribution in [3.63, 3.8) is 0 Å². The predicted octanol–water partition coefficient (Wildman–Crippen LogP) is 1.17. The van der Waals surface area contributed by atoms with Crippen LogP contribution in [0.1, 0.15) is 5.69 Å². The van der Waals surface area contributed by atoms with E-state index in [-0.39, 0.29) is 4.21 Å². The molecule has 3 N–H and O–H groups in total. The summed E-state index contributed by atoms with van der Waals surface area (Å²) < 4.78 is 28.1. The van der Waals surface area contributed by atoms with E-state index >= 15 is 0 Å². The van der Waals surface area contributed by atoms with E-state index in [9.17, 15) is 8.42 Å². The summed E-state index contributed by atoms with van der Waals surface area (Å²) in [4.78, 5) is 0. The minimum Gasteiger partial charge on any atom is -0.398 e. The van der Waals surface area contributed by atoms with Gasteiger partial charge in [-0.25, -0.2) is 8.42 Å². The van der Waals surface area contributed by atoms with Crippen LogP contribution in [0.25, 0.3) is 0 Å². The molecule has 8 heteroatoms. The molecule has 0 amide bonds. The molecule has 0 bridgehead atoms. The van der Waals surface area contributed by atoms with Crippen LogP contribution in [-0.4, -0.2) is 18.2 Å². The fraction of sp³-hybridized carbons (Fsp3) is 0.222. The summed E-state index contributed by atoms with van der Waals surface area (Å²) in [6.45, 7) is 1.79. The predicted molar refractivity (Wildman–Crippen MR) is 67.5 cm³/mol. The number of sulfonamides is 1. The topological polar surface area (TPSA) is 90.0 Å². The standard InChI is InChI=1S/C9H12N4O2S2/c1-6-3-8(13(2)11-6)12-17(14,15)9-4-7(10)5-16-9/h3-5,12H,10H2,1-2H3. The molecule has 2 aromatic rings. The minimum absolute atomic E-state index is 0.189. The van der Waals surface area contributed by atoms with Crippen molar-refractivity contribution in [1.82, 2.24) is 9.78 Å². The average Bonchev–Trinajstić information content (AvgIpc) is 2.74. The monoisotopic (exact) mass is 272 g/mol. The molecular weight excluding hydrogens is 260 g/mol. The van der Waals surface area contributed by atoms with Gasteiger partial charge >= 0.3 is 0 Å². The van der Waals surface area contributed by atoms with Crippen molar-refractivity contribution in [1.29, 1.82) is 0 Å². The number of hydrogen-bond acceptors (Lipinski definition) is 5. The van der Waals surface area contributed by atoms with Crippen LogP contribution in [0, 0.1) is 6.92 Å². The van der Waals surface area contributed by atoms with Crippen molar-refractivity contribution < 1.29 is 8.42 Å². The lowest BCUT2D eigenvalue weighted by molar-refractivity contribution is 0.602. The number of nitrogen functional groups attached to an aromatic ring is 1. The summed E-state index contributed by atoms with van der Waals surface area (Å²) >= 11 is 1.08. The third kappa shape index (κ3) is 2.42. The number of thiophene rings is 1. The van der Waals surface area contributed by atoms with Crippen molar-refractivity contribution in [2.75, 3.05) is 10.5 Å². The number of rotatable bonds is 3. The first-order valence-corrected chi connectivity index (χ1v) is 7.12. The fourth-order valence-corrected chi connectivity index (χ4v) is 3.52. The van der Waals surface area contributed by atoms with E-state index in [4.69, 9.17) is 5.73 Å². The highest BCUT2D eigenvalue weighted by Crippen LogP contribution is 2.24. The van der Waals surface area contributed by atoms with Gasteiger partial charge in [0.15, 0.2) is 0 Å². The molecule has 0 aliphatic heterocycles. The van der Waals surface area contributed by atoms with Gasteiger partial charge in [0.25, 0.3) is 10.0 Å². The first-order chi connectivity index (χ1) is 7.88. The Labute approximate surface area is 103 Å². The third-order valence-corrected chi connectivity index (χ3v) is 4.91. The maximum Gasteiger partial charge on any atom is 0.272 e. The second kappa shape index (κ2) is 4.04. The van der Waals surface area contributed by atoms with Gasteiger partial charge in [0, 0.05) is 24.2 Å². The van der Waals surface area contributed by atoms with Gasteiger partial charge < -0.3 is 5.73 Å². The molecule has 0 saturated carbocycles. The van der Waals surface area contributed by atoms with Crippen LogP contribution in [-0.2, 0) is 17.1 Å². The molecule has 0 aliphatic carbocycles. The summed E-state index contributed by atoms with van der Waals surface area (Å²) in [5.74, 6) is 0.425. The zero-order chi connectivity index (χ0) is 12.6. The molecule has 0 fully saturated rings. The largest absolute Gasteiger partial charge is 0.398 e. The van der Waals surface area contributed by atoms with E-state index in [0.717, 1.165) is 17.0 Å². The van der Waals surface area contributed by atoms with Crippen LogP contribution in [0.4, 0.5) is 11.5 Å². The first-order valence-electron chi connectivity index (χ1n) is 4.76. The summed E-state index contributed by atoms with van der Waals surface area (Å²) in [5, 5.41) is 5.65. The van der Waals surface area contributed by atoms with Crippen LogP contribution in [0.3, 0.4) is 0 Å². The van der Waals surface area contributed by atoms with E-state index in [1.54, 1.807) is 25.4 Å². The lowest BCUT2D eigenvalue weighted by atomic mass is 10.5. The molecule has 6 nitrogen and oxygen atoms in total. The molecular formula is C9H12N4O2S2. The molecule has 0 saturated heterocycles. The molecule has 2 rings (SSSR count). The number of aromatic nitrogens is 2. The van der Waals surface area contributed by atoms with E-state index in [2.05, 4.69) is 9.82 Å². The number of nitrogens with zero attached hydrogens (tertiary/aromatic N) is 2. The molecule has 0 unspecified atom stereocenters. The number of anilines is 2. The molecule has 0 spiro atoms. The zero-order valence-electron chi connectivity index (χ0n) is 9.34. The molecule has 0 aromatic carbocycles. The number of aryl methyl sites for hydroxylation is 2. The highest BCUT2D eigenvalue weighted by Gasteiger charge is 2.18. The van der Waals surface area contributed by atoms with Crippen molar-refractivity contribution in [3.8, 4) is 0 Å². The van der Waals surface area contributed by atoms with E-state index < -0.39 is 10.0 Å². The number of nitrogens with one attached hydrogen (secondary N) is 1. The lowest BCUT2D eigenvalue weighted by Gasteiger charge is -2.05. The molecule has 92 valence electrons. The summed E-state index contributed by atoms with van der Waals surface area (Å²) in [5.41, 5.74) is 6.69. The van der Waals surface area contributed by atoms with E-state index in [1.165, 1.54) is 10.7 Å². The van der Waals surface area contributed by atoms with Gasteiger partial charge in [-0.2, -0.15) is 5.10 Å². The van der Waals surface area contributed by atoms with Gasteiger partial charge in [0.05, 0.1) is 5.69 Å². The number of hydrogen-bond donors (Lipinski definition) is 2. The van der Waals surface area contributed by atoms with Crippen LogP contribution in [0.15, 0.2) is 21.7 Å². The van der Waals surface area contributed by atoms with Crippen molar-refractivity contribution >= 4 is 32.9 Å². The molecule has 2 aromatic heterocycles. The highest BCUT2D eigenvalue weighted by atomic mass is 32.2. The Morgan fingerprint density at radius 3 is 2.65 bits per heavy atom. The zero-order valence-corrected chi connectivity index (χ0v) is 11.0. The Kier molecular flexibility index (Phi) is 2.84. The molecule has 0 radical (unpaired) electrons. The second-order valence-corrected chi connectivity index (χ2v) is 6.42. The Morgan fingerprint density at radius 1 is 1.47 bits per heavy atom. The molecule has 2 heterocycles. The van der Waals surface area contributed by atoms with Gasteiger partial charge in [-0.05, 0) is 13.0 Å². The van der Waals surface area contributed by atoms with Gasteiger partial charge in [0.2, 0.25) is 0 Å². The van der Waals surface area contributed by atoms with Gasteiger partial charge in [-0.3, -0.25) is 9.40 Å². The SMILES string of the molecule is Cc1cc(NS(=O)(=O)c2cc(N)cs2)n(C)n1.